The van der Waals surface area contributed by atoms with E-state index >= 15 is 0 Å². The Morgan fingerprint density at radius 1 is 0.519 bits per heavy atom. The van der Waals surface area contributed by atoms with E-state index in [1.54, 1.807) is 0 Å². The van der Waals surface area contributed by atoms with Gasteiger partial charge in [-0.1, -0.05) is 133 Å². The van der Waals surface area contributed by atoms with Crippen LogP contribution in [0, 0.1) is 0 Å². The molecule has 0 aliphatic heterocycles. The maximum Gasteiger partial charge on any atom is 0.160 e. The summed E-state index contributed by atoms with van der Waals surface area (Å²) in [6.45, 7) is 0. The molecule has 0 unspecified atom stereocenters. The Morgan fingerprint density at radius 3 is 2.04 bits per heavy atom. The van der Waals surface area contributed by atoms with Gasteiger partial charge in [0.05, 0.1) is 22.2 Å². The number of hydrogen-bond donors (Lipinski definition) is 0. The smallest absolute Gasteiger partial charge is 0.160 e. The van der Waals surface area contributed by atoms with Gasteiger partial charge in [0.25, 0.3) is 0 Å². The molecule has 11 rings (SSSR count). The molecule has 1 aliphatic rings. The fourth-order valence-corrected chi connectivity index (χ4v) is 8.30. The minimum atomic E-state index is 0.706. The molecule has 7 aromatic carbocycles. The fraction of sp³-hybridized carbons (Fsp3) is 0.0400. The molecule has 10 aromatic rings. The number of furan rings is 1. The highest BCUT2D eigenvalue weighted by Crippen LogP contribution is 2.42. The van der Waals surface area contributed by atoms with Crippen LogP contribution in [0.15, 0.2) is 180 Å². The first-order chi connectivity index (χ1) is 26.8. The first-order valence-corrected chi connectivity index (χ1v) is 18.5. The van der Waals surface area contributed by atoms with Crippen LogP contribution >= 0.6 is 0 Å². The third-order valence-corrected chi connectivity index (χ3v) is 10.9. The Morgan fingerprint density at radius 2 is 1.24 bits per heavy atom. The molecule has 0 saturated heterocycles. The molecule has 4 heteroatoms. The zero-order valence-electron chi connectivity index (χ0n) is 29.4. The van der Waals surface area contributed by atoms with Crippen LogP contribution in [0.1, 0.15) is 18.4 Å². The van der Waals surface area contributed by atoms with E-state index in [9.17, 15) is 0 Å². The predicted molar refractivity (Wildman–Crippen MR) is 224 cm³/mol. The van der Waals surface area contributed by atoms with Gasteiger partial charge in [-0.05, 0) is 71.5 Å². The lowest BCUT2D eigenvalue weighted by atomic mass is 9.96. The average Bonchev–Trinajstić information content (AvgIpc) is 3.79. The lowest BCUT2D eigenvalue weighted by Gasteiger charge is -2.12. The van der Waals surface area contributed by atoms with E-state index < -0.39 is 0 Å². The number of benzene rings is 7. The first kappa shape index (κ1) is 30.6. The molecule has 3 aromatic heterocycles. The van der Waals surface area contributed by atoms with Crippen LogP contribution in [-0.4, -0.2) is 14.5 Å². The molecule has 1 aliphatic carbocycles. The SMILES string of the molecule is C1=CCCC(c2ccc3c4ccc(-c5ccccc5)cc4n(-c4ccc5c(c4)oc4cccc(-c6nc(-c7ccccc7)nc7ccccc67)c45)c3c2)=C1. The molecular weight excluding hydrogens is 659 g/mol. The molecule has 4 nitrogen and oxygen atoms in total. The highest BCUT2D eigenvalue weighted by Gasteiger charge is 2.20. The third-order valence-electron chi connectivity index (χ3n) is 10.9. The van der Waals surface area contributed by atoms with Gasteiger partial charge in [-0.15, -0.1) is 0 Å². The monoisotopic (exact) mass is 691 g/mol. The first-order valence-electron chi connectivity index (χ1n) is 18.5. The van der Waals surface area contributed by atoms with Crippen LogP contribution in [0.3, 0.4) is 0 Å². The zero-order chi connectivity index (χ0) is 35.6. The van der Waals surface area contributed by atoms with Gasteiger partial charge in [0.2, 0.25) is 0 Å². The zero-order valence-corrected chi connectivity index (χ0v) is 29.4. The number of rotatable bonds is 5. The topological polar surface area (TPSA) is 43.9 Å². The van der Waals surface area contributed by atoms with Crippen molar-refractivity contribution in [1.29, 1.82) is 0 Å². The van der Waals surface area contributed by atoms with E-state index in [2.05, 4.69) is 156 Å². The molecule has 54 heavy (non-hydrogen) atoms. The van der Waals surface area contributed by atoms with Crippen LogP contribution in [-0.2, 0) is 0 Å². The summed E-state index contributed by atoms with van der Waals surface area (Å²) in [6.07, 6.45) is 8.79. The largest absolute Gasteiger partial charge is 0.456 e. The molecule has 0 saturated carbocycles. The second-order valence-corrected chi connectivity index (χ2v) is 14.1. The van der Waals surface area contributed by atoms with Gasteiger partial charge in [-0.3, -0.25) is 0 Å². The number of para-hydroxylation sites is 1. The minimum Gasteiger partial charge on any atom is -0.456 e. The quantitative estimate of drug-likeness (QED) is 0.180. The Kier molecular flexibility index (Phi) is 6.96. The third kappa shape index (κ3) is 4.91. The number of nitrogens with zero attached hydrogens (tertiary/aromatic N) is 3. The van der Waals surface area contributed by atoms with E-state index in [4.69, 9.17) is 14.4 Å². The van der Waals surface area contributed by atoms with Crippen LogP contribution in [0.2, 0.25) is 0 Å². The molecule has 0 fully saturated rings. The highest BCUT2D eigenvalue weighted by atomic mass is 16.3. The summed E-state index contributed by atoms with van der Waals surface area (Å²) in [6, 6.07) is 55.8. The molecule has 254 valence electrons. The normalized spacial score (nSPS) is 13.1. The molecule has 3 heterocycles. The van der Waals surface area contributed by atoms with Crippen molar-refractivity contribution in [3.05, 3.63) is 182 Å². The van der Waals surface area contributed by atoms with Crippen LogP contribution < -0.4 is 0 Å². The summed E-state index contributed by atoms with van der Waals surface area (Å²) in [5, 5.41) is 5.58. The Labute approximate surface area is 312 Å². The van der Waals surface area contributed by atoms with Crippen molar-refractivity contribution in [2.45, 2.75) is 12.8 Å². The molecule has 0 bridgehead atoms. The number of allylic oxidation sites excluding steroid dienone is 4. The molecule has 0 amide bonds. The van der Waals surface area contributed by atoms with Gasteiger partial charge in [-0.2, -0.15) is 0 Å². The minimum absolute atomic E-state index is 0.706. The van der Waals surface area contributed by atoms with Crippen molar-refractivity contribution in [2.24, 2.45) is 0 Å². The summed E-state index contributed by atoms with van der Waals surface area (Å²) in [7, 11) is 0. The van der Waals surface area contributed by atoms with Crippen LogP contribution in [0.5, 0.6) is 0 Å². The predicted octanol–water partition coefficient (Wildman–Crippen LogP) is 13.4. The average molecular weight is 692 g/mol. The van der Waals surface area contributed by atoms with E-state index in [0.29, 0.717) is 5.82 Å². The lowest BCUT2D eigenvalue weighted by molar-refractivity contribution is 0.668. The van der Waals surface area contributed by atoms with Gasteiger partial charge in [0.15, 0.2) is 5.82 Å². The Hall–Kier alpha value is -7.04. The van der Waals surface area contributed by atoms with Gasteiger partial charge in [0, 0.05) is 49.8 Å². The van der Waals surface area contributed by atoms with Gasteiger partial charge >= 0.3 is 0 Å². The van der Waals surface area contributed by atoms with E-state index in [1.165, 1.54) is 38.6 Å². The molecule has 0 spiro atoms. The summed E-state index contributed by atoms with van der Waals surface area (Å²) >= 11 is 0. The summed E-state index contributed by atoms with van der Waals surface area (Å²) < 4.78 is 9.16. The molecule has 0 radical (unpaired) electrons. The summed E-state index contributed by atoms with van der Waals surface area (Å²) in [4.78, 5) is 10.2. The van der Waals surface area contributed by atoms with Gasteiger partial charge in [0.1, 0.15) is 11.2 Å². The molecular formula is C50H33N3O. The second kappa shape index (κ2) is 12.3. The van der Waals surface area contributed by atoms with Gasteiger partial charge in [-0.25, -0.2) is 9.97 Å². The highest BCUT2D eigenvalue weighted by molar-refractivity contribution is 6.15. The lowest BCUT2D eigenvalue weighted by Crippen LogP contribution is -1.96. The van der Waals surface area contributed by atoms with Crippen molar-refractivity contribution in [2.75, 3.05) is 0 Å². The van der Waals surface area contributed by atoms with Crippen molar-refractivity contribution in [3.8, 4) is 39.5 Å². The standard InChI is InChI=1S/C50H33N3O/c1-4-13-32(14-5-1)35-23-26-38-39-27-24-36(33-15-6-2-7-16-33)30-45(39)53(44(38)29-35)37-25-28-41-47(31-37)54-46-22-12-20-42(48(41)46)49-40-19-10-11-21-43(40)51-50(52-49)34-17-8-3-9-18-34/h1-6,8-15,17-31H,7,16H2. The Bertz CT molecular complexity index is 3150. The number of aromatic nitrogens is 3. The number of fused-ring (bicyclic) bond motifs is 7. The van der Waals surface area contributed by atoms with Crippen molar-refractivity contribution in [3.63, 3.8) is 0 Å². The van der Waals surface area contributed by atoms with Gasteiger partial charge < -0.3 is 8.98 Å². The Balaban J connectivity index is 1.14. The molecule has 0 atom stereocenters. The van der Waals surface area contributed by atoms with E-state index in [0.717, 1.165) is 73.7 Å². The number of hydrogen-bond acceptors (Lipinski definition) is 3. The van der Waals surface area contributed by atoms with E-state index in [1.807, 2.05) is 24.3 Å². The van der Waals surface area contributed by atoms with Crippen molar-refractivity contribution < 1.29 is 4.42 Å². The van der Waals surface area contributed by atoms with Crippen LogP contribution in [0.25, 0.3) is 99.7 Å². The summed E-state index contributed by atoms with van der Waals surface area (Å²) in [5.74, 6) is 0.706. The fourth-order valence-electron chi connectivity index (χ4n) is 8.30. The van der Waals surface area contributed by atoms with Crippen LogP contribution in [0.4, 0.5) is 0 Å². The molecule has 0 N–H and O–H groups in total. The van der Waals surface area contributed by atoms with Crippen molar-refractivity contribution in [1.82, 2.24) is 14.5 Å². The maximum atomic E-state index is 6.74. The second-order valence-electron chi connectivity index (χ2n) is 14.1. The van der Waals surface area contributed by atoms with Crippen molar-refractivity contribution >= 4 is 60.2 Å². The summed E-state index contributed by atoms with van der Waals surface area (Å²) in [5.41, 5.74) is 13.9. The maximum absolute atomic E-state index is 6.74. The van der Waals surface area contributed by atoms with E-state index in [-0.39, 0.29) is 0 Å².